The maximum atomic E-state index is 9.46. The van der Waals surface area contributed by atoms with Crippen LogP contribution in [0.1, 0.15) is 32.4 Å². The van der Waals surface area contributed by atoms with Gasteiger partial charge in [-0.15, -0.1) is 0 Å². The summed E-state index contributed by atoms with van der Waals surface area (Å²) in [6.07, 6.45) is -0.438. The van der Waals surface area contributed by atoms with E-state index in [1.54, 1.807) is 6.92 Å². The number of hydrogen-bond donors (Lipinski definition) is 2. The molecule has 1 aromatic rings. The van der Waals surface area contributed by atoms with Gasteiger partial charge in [0.05, 0.1) is 18.3 Å². The third-order valence-corrected chi connectivity index (χ3v) is 2.58. The second-order valence-electron chi connectivity index (χ2n) is 4.65. The van der Waals surface area contributed by atoms with E-state index in [9.17, 15) is 5.11 Å². The molecule has 1 aromatic carbocycles. The minimum atomic E-state index is -0.438. The Morgan fingerprint density at radius 3 is 2.87 bits per heavy atom. The fraction of sp³-hybridized carbons (Fsp3) is 0.500. The van der Waals surface area contributed by atoms with Gasteiger partial charge in [-0.05, 0) is 38.5 Å². The molecule has 1 aliphatic rings. The first-order chi connectivity index (χ1) is 6.98. The first-order valence-corrected chi connectivity index (χ1v) is 5.23. The molecule has 0 saturated heterocycles. The van der Waals surface area contributed by atoms with Gasteiger partial charge in [0.25, 0.3) is 0 Å². The lowest BCUT2D eigenvalue weighted by atomic mass is 10.0. The van der Waals surface area contributed by atoms with Crippen molar-refractivity contribution >= 4 is 5.69 Å². The molecule has 0 saturated carbocycles. The number of hydrogen-bond acceptors (Lipinski definition) is 3. The van der Waals surface area contributed by atoms with Gasteiger partial charge < -0.3 is 15.2 Å². The molecule has 1 unspecified atom stereocenters. The van der Waals surface area contributed by atoms with E-state index >= 15 is 0 Å². The lowest BCUT2D eigenvalue weighted by Gasteiger charge is -2.33. The van der Waals surface area contributed by atoms with Gasteiger partial charge in [-0.25, -0.2) is 0 Å². The maximum Gasteiger partial charge on any atom is 0.143 e. The molecule has 0 amide bonds. The van der Waals surface area contributed by atoms with Crippen molar-refractivity contribution in [3.63, 3.8) is 0 Å². The predicted octanol–water partition coefficient (Wildman–Crippen LogP) is 2.32. The standard InChI is InChI=1S/C12H17NO2/c1-8(14)9-4-5-11-10(6-9)13-7-12(2,3)15-11/h4-6,8,13-14H,7H2,1-3H3. The first kappa shape index (κ1) is 10.3. The SMILES string of the molecule is CC(O)c1ccc2c(c1)NCC(C)(C)O2. The molecule has 1 heterocycles. The fourth-order valence-electron chi connectivity index (χ4n) is 1.68. The van der Waals surface area contributed by atoms with Crippen molar-refractivity contribution in [1.82, 2.24) is 0 Å². The van der Waals surface area contributed by atoms with Gasteiger partial charge in [-0.3, -0.25) is 0 Å². The summed E-state index contributed by atoms with van der Waals surface area (Å²) >= 11 is 0. The molecule has 1 atom stereocenters. The normalized spacial score (nSPS) is 19.7. The highest BCUT2D eigenvalue weighted by molar-refractivity contribution is 5.60. The van der Waals surface area contributed by atoms with E-state index in [-0.39, 0.29) is 5.60 Å². The summed E-state index contributed by atoms with van der Waals surface area (Å²) in [6.45, 7) is 6.63. The molecule has 3 nitrogen and oxygen atoms in total. The summed E-state index contributed by atoms with van der Waals surface area (Å²) in [4.78, 5) is 0. The Labute approximate surface area is 90.1 Å². The molecule has 0 radical (unpaired) electrons. The number of aliphatic hydroxyl groups excluding tert-OH is 1. The zero-order valence-corrected chi connectivity index (χ0v) is 9.37. The van der Waals surface area contributed by atoms with E-state index in [1.807, 2.05) is 32.0 Å². The van der Waals surface area contributed by atoms with E-state index in [0.29, 0.717) is 0 Å². The topological polar surface area (TPSA) is 41.5 Å². The van der Waals surface area contributed by atoms with Crippen LogP contribution in [0.25, 0.3) is 0 Å². The second kappa shape index (κ2) is 3.42. The van der Waals surface area contributed by atoms with Crippen molar-refractivity contribution in [1.29, 1.82) is 0 Å². The lowest BCUT2D eigenvalue weighted by Crippen LogP contribution is -2.40. The van der Waals surface area contributed by atoms with E-state index < -0.39 is 6.10 Å². The minimum Gasteiger partial charge on any atom is -0.484 e. The van der Waals surface area contributed by atoms with Crippen LogP contribution in [0.3, 0.4) is 0 Å². The van der Waals surface area contributed by atoms with Crippen LogP contribution >= 0.6 is 0 Å². The van der Waals surface area contributed by atoms with E-state index in [1.165, 1.54) is 0 Å². The molecular formula is C12H17NO2. The second-order valence-corrected chi connectivity index (χ2v) is 4.65. The van der Waals surface area contributed by atoms with Gasteiger partial charge in [-0.2, -0.15) is 0 Å². The van der Waals surface area contributed by atoms with Crippen LogP contribution in [-0.2, 0) is 0 Å². The zero-order chi connectivity index (χ0) is 11.1. The van der Waals surface area contributed by atoms with Gasteiger partial charge in [0.2, 0.25) is 0 Å². The Morgan fingerprint density at radius 1 is 1.47 bits per heavy atom. The van der Waals surface area contributed by atoms with Gasteiger partial charge >= 0.3 is 0 Å². The number of ether oxygens (including phenoxy) is 1. The highest BCUT2D eigenvalue weighted by Crippen LogP contribution is 2.34. The number of rotatable bonds is 1. The number of anilines is 1. The quantitative estimate of drug-likeness (QED) is 0.742. The summed E-state index contributed by atoms with van der Waals surface area (Å²) in [5.74, 6) is 0.857. The van der Waals surface area contributed by atoms with Crippen molar-refractivity contribution in [2.24, 2.45) is 0 Å². The Morgan fingerprint density at radius 2 is 2.20 bits per heavy atom. The minimum absolute atomic E-state index is 0.167. The molecule has 2 N–H and O–H groups in total. The van der Waals surface area contributed by atoms with Gasteiger partial charge in [-0.1, -0.05) is 6.07 Å². The number of benzene rings is 1. The smallest absolute Gasteiger partial charge is 0.143 e. The average Bonchev–Trinajstić information content (AvgIpc) is 2.15. The van der Waals surface area contributed by atoms with E-state index in [4.69, 9.17) is 4.74 Å². The molecular weight excluding hydrogens is 190 g/mol. The van der Waals surface area contributed by atoms with Crippen LogP contribution in [0.4, 0.5) is 5.69 Å². The number of nitrogens with one attached hydrogen (secondary N) is 1. The molecule has 2 rings (SSSR count). The molecule has 1 aliphatic heterocycles. The third kappa shape index (κ3) is 2.07. The summed E-state index contributed by atoms with van der Waals surface area (Å²) in [6, 6.07) is 5.74. The van der Waals surface area contributed by atoms with Crippen molar-refractivity contribution < 1.29 is 9.84 Å². The van der Waals surface area contributed by atoms with Crippen LogP contribution < -0.4 is 10.1 Å². The van der Waals surface area contributed by atoms with Crippen LogP contribution in [-0.4, -0.2) is 17.3 Å². The molecule has 3 heteroatoms. The van der Waals surface area contributed by atoms with Crippen molar-refractivity contribution in [2.45, 2.75) is 32.5 Å². The summed E-state index contributed by atoms with van der Waals surface area (Å²) in [7, 11) is 0. The molecule has 15 heavy (non-hydrogen) atoms. The summed E-state index contributed by atoms with van der Waals surface area (Å²) in [5.41, 5.74) is 1.71. The Kier molecular flexibility index (Phi) is 2.35. The maximum absolute atomic E-state index is 9.46. The van der Waals surface area contributed by atoms with Crippen LogP contribution in [0.2, 0.25) is 0 Å². The summed E-state index contributed by atoms with van der Waals surface area (Å²) < 4.78 is 5.81. The molecule has 0 fully saturated rings. The van der Waals surface area contributed by atoms with Crippen LogP contribution in [0.5, 0.6) is 5.75 Å². The first-order valence-electron chi connectivity index (χ1n) is 5.23. The van der Waals surface area contributed by atoms with Crippen molar-refractivity contribution in [3.05, 3.63) is 23.8 Å². The molecule has 0 spiro atoms. The lowest BCUT2D eigenvalue weighted by molar-refractivity contribution is 0.116. The average molecular weight is 207 g/mol. The van der Waals surface area contributed by atoms with Gasteiger partial charge in [0.1, 0.15) is 11.4 Å². The highest BCUT2D eigenvalue weighted by Gasteiger charge is 2.26. The van der Waals surface area contributed by atoms with Crippen molar-refractivity contribution in [2.75, 3.05) is 11.9 Å². The molecule has 82 valence electrons. The van der Waals surface area contributed by atoms with E-state index in [0.717, 1.165) is 23.5 Å². The fourth-order valence-corrected chi connectivity index (χ4v) is 1.68. The largest absolute Gasteiger partial charge is 0.484 e. The van der Waals surface area contributed by atoms with Gasteiger partial charge in [0, 0.05) is 0 Å². The van der Waals surface area contributed by atoms with Crippen LogP contribution in [0, 0.1) is 0 Å². The molecule has 0 aliphatic carbocycles. The van der Waals surface area contributed by atoms with Crippen LogP contribution in [0.15, 0.2) is 18.2 Å². The number of aliphatic hydroxyl groups is 1. The Hall–Kier alpha value is -1.22. The summed E-state index contributed by atoms with van der Waals surface area (Å²) in [5, 5.41) is 12.8. The predicted molar refractivity (Wildman–Crippen MR) is 60.3 cm³/mol. The van der Waals surface area contributed by atoms with Crippen molar-refractivity contribution in [3.8, 4) is 5.75 Å². The third-order valence-electron chi connectivity index (χ3n) is 2.58. The Balaban J connectivity index is 2.32. The molecule has 0 bridgehead atoms. The van der Waals surface area contributed by atoms with E-state index in [2.05, 4.69) is 5.32 Å². The highest BCUT2D eigenvalue weighted by atomic mass is 16.5. The molecule has 0 aromatic heterocycles. The monoisotopic (exact) mass is 207 g/mol. The zero-order valence-electron chi connectivity index (χ0n) is 9.37. The number of fused-ring (bicyclic) bond motifs is 1. The Bertz CT molecular complexity index is 372. The van der Waals surface area contributed by atoms with Gasteiger partial charge in [0.15, 0.2) is 0 Å².